The number of piperazine rings is 1. The zero-order chi connectivity index (χ0) is 30.1. The Labute approximate surface area is 269 Å². The van der Waals surface area contributed by atoms with E-state index in [0.717, 1.165) is 35.5 Å². The third kappa shape index (κ3) is 7.39. The number of hydrogen-bond acceptors (Lipinski definition) is 6. The molecule has 13 heteroatoms. The topological polar surface area (TPSA) is 108 Å². The van der Waals surface area contributed by atoms with Gasteiger partial charge >= 0.3 is 0 Å². The van der Waals surface area contributed by atoms with Gasteiger partial charge in [-0.1, -0.05) is 27.2 Å². The van der Waals surface area contributed by atoms with Crippen molar-refractivity contribution in [2.24, 2.45) is 5.92 Å². The van der Waals surface area contributed by atoms with E-state index in [1.54, 1.807) is 24.3 Å². The molecule has 0 radical (unpaired) electrons. The summed E-state index contributed by atoms with van der Waals surface area (Å²) in [4.78, 5) is 31.6. The Hall–Kier alpha value is -2.18. The lowest BCUT2D eigenvalue weighted by atomic mass is 9.80. The van der Waals surface area contributed by atoms with Crippen molar-refractivity contribution in [3.63, 3.8) is 0 Å². The molecule has 3 heterocycles. The van der Waals surface area contributed by atoms with E-state index in [4.69, 9.17) is 5.10 Å². The predicted molar refractivity (Wildman–Crippen MR) is 174 cm³/mol. The third-order valence-corrected chi connectivity index (χ3v) is 10.4. The molecule has 10 nitrogen and oxygen atoms in total. The Bertz CT molecular complexity index is 1370. The van der Waals surface area contributed by atoms with Crippen LogP contribution < -0.4 is 5.32 Å². The van der Waals surface area contributed by atoms with Gasteiger partial charge in [-0.05, 0) is 69.7 Å². The highest BCUT2D eigenvalue weighted by Crippen LogP contribution is 2.35. The van der Waals surface area contributed by atoms with Crippen LogP contribution in [0.1, 0.15) is 69.8 Å². The van der Waals surface area contributed by atoms with Gasteiger partial charge in [-0.2, -0.15) is 5.10 Å². The first-order valence-electron chi connectivity index (χ1n) is 14.7. The van der Waals surface area contributed by atoms with Crippen LogP contribution in [0, 0.1) is 19.8 Å². The molecular formula is C30H48Cl2N6O4S. The number of nitrogens with zero attached hydrogens (tertiary/aromatic N) is 5. The minimum absolute atomic E-state index is 0. The van der Waals surface area contributed by atoms with Crippen molar-refractivity contribution in [2.75, 3.05) is 33.7 Å². The molecule has 0 bridgehead atoms. The fourth-order valence-electron chi connectivity index (χ4n) is 6.07. The van der Waals surface area contributed by atoms with Crippen LogP contribution in [0.3, 0.4) is 0 Å². The van der Waals surface area contributed by atoms with Crippen molar-refractivity contribution in [3.05, 3.63) is 41.2 Å². The minimum Gasteiger partial charge on any atom is -0.342 e. The molecule has 1 aromatic carbocycles. The molecule has 2 amide bonds. The Balaban J connectivity index is 0.00000323. The number of sulfonamides is 1. The second kappa shape index (κ2) is 14.7. The zero-order valence-electron chi connectivity index (χ0n) is 26.4. The standard InChI is InChI=1S/C30H46N6O4S.2ClH/c1-8-9-16-35-28(37)27(19-21(2)3)31-29(38)30(35)14-17-34(18-15-30)20-26-22(4)32-36(23(26)5)24-10-12-25(13-11-24)41(39,40)33(6)7;;/h10-13,21,27H,8-9,14-20H2,1-7H3,(H,31,38);2*1H/t27-;;/m0../s1. The van der Waals surface area contributed by atoms with E-state index >= 15 is 0 Å². The lowest BCUT2D eigenvalue weighted by molar-refractivity contribution is -0.161. The Morgan fingerprint density at radius 3 is 2.21 bits per heavy atom. The van der Waals surface area contributed by atoms with Crippen molar-refractivity contribution >= 4 is 46.7 Å². The highest BCUT2D eigenvalue weighted by molar-refractivity contribution is 7.89. The molecule has 2 aliphatic heterocycles. The maximum absolute atomic E-state index is 13.6. The van der Waals surface area contributed by atoms with Crippen molar-refractivity contribution < 1.29 is 18.0 Å². The summed E-state index contributed by atoms with van der Waals surface area (Å²) >= 11 is 0. The number of carbonyl (C=O) groups excluding carboxylic acids is 2. The molecular weight excluding hydrogens is 611 g/mol. The van der Waals surface area contributed by atoms with Crippen LogP contribution >= 0.6 is 24.8 Å². The fraction of sp³-hybridized carbons (Fsp3) is 0.633. The number of halogens is 2. The highest BCUT2D eigenvalue weighted by atomic mass is 35.5. The van der Waals surface area contributed by atoms with Crippen LogP contribution in [0.4, 0.5) is 0 Å². The first-order valence-corrected chi connectivity index (χ1v) is 16.2. The van der Waals surface area contributed by atoms with Gasteiger partial charge in [-0.25, -0.2) is 17.4 Å². The van der Waals surface area contributed by atoms with Gasteiger partial charge in [0.05, 0.1) is 16.3 Å². The Kier molecular flexibility index (Phi) is 12.7. The molecule has 1 aromatic heterocycles. The van der Waals surface area contributed by atoms with Gasteiger partial charge in [0.2, 0.25) is 21.8 Å². The molecule has 2 aliphatic rings. The van der Waals surface area contributed by atoms with Gasteiger partial charge in [0.25, 0.3) is 0 Å². The molecule has 0 unspecified atom stereocenters. The molecule has 43 heavy (non-hydrogen) atoms. The summed E-state index contributed by atoms with van der Waals surface area (Å²) in [6.07, 6.45) is 3.73. The van der Waals surface area contributed by atoms with Gasteiger partial charge in [0.1, 0.15) is 11.6 Å². The van der Waals surface area contributed by atoms with Gasteiger partial charge in [-0.15, -0.1) is 24.8 Å². The highest BCUT2D eigenvalue weighted by Gasteiger charge is 2.53. The van der Waals surface area contributed by atoms with E-state index in [1.165, 1.54) is 18.4 Å². The smallest absolute Gasteiger partial charge is 0.246 e. The number of nitrogens with one attached hydrogen (secondary N) is 1. The number of carbonyl (C=O) groups is 2. The molecule has 2 fully saturated rings. The average Bonchev–Trinajstić information content (AvgIpc) is 3.21. The van der Waals surface area contributed by atoms with Crippen LogP contribution in [0.5, 0.6) is 0 Å². The molecule has 0 saturated carbocycles. The molecule has 1 N–H and O–H groups in total. The zero-order valence-corrected chi connectivity index (χ0v) is 28.9. The van der Waals surface area contributed by atoms with E-state index in [2.05, 4.69) is 31.0 Å². The largest absolute Gasteiger partial charge is 0.342 e. The quantitative estimate of drug-likeness (QED) is 0.412. The summed E-state index contributed by atoms with van der Waals surface area (Å²) in [5.74, 6) is 0.389. The van der Waals surface area contributed by atoms with Gasteiger partial charge in [0, 0.05) is 51.5 Å². The van der Waals surface area contributed by atoms with Gasteiger partial charge < -0.3 is 10.2 Å². The molecule has 4 rings (SSSR count). The summed E-state index contributed by atoms with van der Waals surface area (Å²) < 4.78 is 28.0. The number of piperidine rings is 1. The Morgan fingerprint density at radius 1 is 1.07 bits per heavy atom. The van der Waals surface area contributed by atoms with Crippen LogP contribution in [0.25, 0.3) is 5.69 Å². The molecule has 2 saturated heterocycles. The molecule has 1 atom stereocenters. The van der Waals surface area contributed by atoms with E-state index in [0.29, 0.717) is 51.4 Å². The SMILES string of the molecule is CCCCN1C(=O)[C@H](CC(C)C)NC(=O)C12CCN(Cc1c(C)nn(-c3ccc(S(=O)(=O)N(C)C)cc3)c1C)CC2.Cl.Cl. The number of rotatable bonds is 10. The van der Waals surface area contributed by atoms with Crippen molar-refractivity contribution in [3.8, 4) is 5.69 Å². The normalized spacial score (nSPS) is 19.0. The monoisotopic (exact) mass is 658 g/mol. The van der Waals surface area contributed by atoms with E-state index < -0.39 is 21.6 Å². The molecule has 0 aliphatic carbocycles. The van der Waals surface area contributed by atoms with Gasteiger partial charge in [0.15, 0.2) is 0 Å². The summed E-state index contributed by atoms with van der Waals surface area (Å²) in [6, 6.07) is 6.34. The number of hydrogen-bond donors (Lipinski definition) is 1. The summed E-state index contributed by atoms with van der Waals surface area (Å²) in [6.45, 7) is 13.0. The van der Waals surface area contributed by atoms with E-state index in [-0.39, 0.29) is 41.5 Å². The van der Waals surface area contributed by atoms with Crippen molar-refractivity contribution in [2.45, 2.75) is 89.7 Å². The van der Waals surface area contributed by atoms with Crippen LogP contribution in [0.15, 0.2) is 29.2 Å². The first kappa shape index (κ1) is 37.0. The second-order valence-electron chi connectivity index (χ2n) is 12.1. The number of unbranched alkanes of at least 4 members (excludes halogenated alkanes) is 1. The number of amides is 2. The number of aryl methyl sites for hydroxylation is 1. The van der Waals surface area contributed by atoms with Gasteiger partial charge in [-0.3, -0.25) is 14.5 Å². The fourth-order valence-corrected chi connectivity index (χ4v) is 6.98. The predicted octanol–water partition coefficient (Wildman–Crippen LogP) is 4.09. The summed E-state index contributed by atoms with van der Waals surface area (Å²) in [5, 5.41) is 7.85. The third-order valence-electron chi connectivity index (χ3n) is 8.62. The summed E-state index contributed by atoms with van der Waals surface area (Å²) in [7, 11) is -0.466. The van der Waals surface area contributed by atoms with E-state index in [9.17, 15) is 18.0 Å². The lowest BCUT2D eigenvalue weighted by Gasteiger charge is -2.52. The number of benzene rings is 1. The Morgan fingerprint density at radius 2 is 1.67 bits per heavy atom. The number of aromatic nitrogens is 2. The maximum Gasteiger partial charge on any atom is 0.246 e. The summed E-state index contributed by atoms with van der Waals surface area (Å²) in [5.41, 5.74) is 3.05. The second-order valence-corrected chi connectivity index (χ2v) is 14.3. The molecule has 242 valence electrons. The van der Waals surface area contributed by atoms with Crippen LogP contribution in [-0.2, 0) is 26.2 Å². The first-order chi connectivity index (χ1) is 19.3. The lowest BCUT2D eigenvalue weighted by Crippen LogP contribution is -2.73. The number of likely N-dealkylation sites (tertiary alicyclic amines) is 1. The van der Waals surface area contributed by atoms with Crippen LogP contribution in [-0.4, -0.2) is 89.4 Å². The molecule has 2 aromatic rings. The van der Waals surface area contributed by atoms with Crippen molar-refractivity contribution in [1.29, 1.82) is 0 Å². The van der Waals surface area contributed by atoms with E-state index in [1.807, 2.05) is 23.4 Å². The average molecular weight is 660 g/mol. The van der Waals surface area contributed by atoms with Crippen LogP contribution in [0.2, 0.25) is 0 Å². The minimum atomic E-state index is -3.50. The maximum atomic E-state index is 13.6. The van der Waals surface area contributed by atoms with Crippen molar-refractivity contribution in [1.82, 2.24) is 29.2 Å². The molecule has 1 spiro atoms.